The summed E-state index contributed by atoms with van der Waals surface area (Å²) in [4.78, 5) is 12.4. The molecule has 1 aliphatic rings. The number of hydrogen-bond donors (Lipinski definition) is 0. The Morgan fingerprint density at radius 1 is 1.21 bits per heavy atom. The van der Waals surface area contributed by atoms with Crippen molar-refractivity contribution < 1.29 is 0 Å². The summed E-state index contributed by atoms with van der Waals surface area (Å²) in [6.07, 6.45) is 1.02. The number of benzene rings is 1. The first-order chi connectivity index (χ1) is 8.81. The summed E-state index contributed by atoms with van der Waals surface area (Å²) in [5.41, 5.74) is 4.87. The molecule has 0 radical (unpaired) electrons. The second-order valence-electron chi connectivity index (χ2n) is 6.67. The third-order valence-corrected chi connectivity index (χ3v) is 4.43. The Morgan fingerprint density at radius 3 is 2.58 bits per heavy atom. The molecule has 1 atom stereocenters. The lowest BCUT2D eigenvalue weighted by molar-refractivity contribution is 0.293. The first-order valence-corrected chi connectivity index (χ1v) is 6.98. The lowest BCUT2D eigenvalue weighted by Crippen LogP contribution is -2.40. The van der Waals surface area contributed by atoms with Crippen molar-refractivity contribution in [1.82, 2.24) is 4.57 Å². The highest BCUT2D eigenvalue weighted by Gasteiger charge is 2.33. The Kier molecular flexibility index (Phi) is 2.44. The number of hydrogen-bond acceptors (Lipinski definition) is 1. The van der Waals surface area contributed by atoms with Gasteiger partial charge in [0.1, 0.15) is 0 Å². The number of nitrogens with zero attached hydrogens (tertiary/aromatic N) is 1. The van der Waals surface area contributed by atoms with Crippen LogP contribution in [0.3, 0.4) is 0 Å². The average molecular weight is 255 g/mol. The van der Waals surface area contributed by atoms with E-state index in [0.717, 1.165) is 17.5 Å². The van der Waals surface area contributed by atoms with Crippen molar-refractivity contribution in [2.24, 2.45) is 0 Å². The molecule has 3 rings (SSSR count). The van der Waals surface area contributed by atoms with Crippen LogP contribution in [0.15, 0.2) is 23.0 Å². The Bertz CT molecular complexity index is 737. The molecule has 2 aromatic rings. The van der Waals surface area contributed by atoms with Crippen molar-refractivity contribution >= 4 is 10.9 Å². The van der Waals surface area contributed by atoms with Gasteiger partial charge >= 0.3 is 0 Å². The quantitative estimate of drug-likeness (QED) is 0.700. The zero-order valence-corrected chi connectivity index (χ0v) is 12.4. The fourth-order valence-corrected chi connectivity index (χ4v) is 3.72. The van der Waals surface area contributed by atoms with Crippen LogP contribution in [-0.4, -0.2) is 4.57 Å². The maximum Gasteiger partial charge on any atom is 0.251 e. The fraction of sp³-hybridized carbons (Fsp3) is 0.471. The molecule has 1 aliphatic heterocycles. The zero-order valence-electron chi connectivity index (χ0n) is 12.4. The molecule has 2 nitrogen and oxygen atoms in total. The summed E-state index contributed by atoms with van der Waals surface area (Å²) in [6, 6.07) is 6.24. The van der Waals surface area contributed by atoms with Crippen molar-refractivity contribution in [3.63, 3.8) is 0 Å². The van der Waals surface area contributed by atoms with Gasteiger partial charge in [0.2, 0.25) is 0 Å². The van der Waals surface area contributed by atoms with E-state index in [4.69, 9.17) is 0 Å². The Hall–Kier alpha value is -1.57. The van der Waals surface area contributed by atoms with Crippen LogP contribution in [0, 0.1) is 13.8 Å². The average Bonchev–Trinajstić information content (AvgIpc) is 2.27. The van der Waals surface area contributed by atoms with Crippen LogP contribution in [0.1, 0.15) is 49.8 Å². The minimum absolute atomic E-state index is 0.106. The number of aryl methyl sites for hydroxylation is 2. The van der Waals surface area contributed by atoms with Crippen molar-refractivity contribution in [2.45, 2.75) is 52.5 Å². The highest BCUT2D eigenvalue weighted by atomic mass is 16.1. The van der Waals surface area contributed by atoms with E-state index in [9.17, 15) is 4.79 Å². The predicted octanol–water partition coefficient (Wildman–Crippen LogP) is 3.86. The van der Waals surface area contributed by atoms with Gasteiger partial charge in [0.05, 0.1) is 5.52 Å². The van der Waals surface area contributed by atoms with Gasteiger partial charge in [0.15, 0.2) is 0 Å². The molecule has 0 fully saturated rings. The largest absolute Gasteiger partial charge is 0.302 e. The molecule has 2 heterocycles. The number of aromatic nitrogens is 1. The molecular formula is C17H21NO. The third-order valence-electron chi connectivity index (χ3n) is 4.43. The van der Waals surface area contributed by atoms with Gasteiger partial charge in [-0.3, -0.25) is 4.79 Å². The first kappa shape index (κ1) is 12.5. The highest BCUT2D eigenvalue weighted by molar-refractivity contribution is 5.87. The van der Waals surface area contributed by atoms with Gasteiger partial charge in [-0.25, -0.2) is 0 Å². The molecule has 100 valence electrons. The summed E-state index contributed by atoms with van der Waals surface area (Å²) >= 11 is 0. The molecule has 0 unspecified atom stereocenters. The summed E-state index contributed by atoms with van der Waals surface area (Å²) in [6.45, 7) is 10.8. The summed E-state index contributed by atoms with van der Waals surface area (Å²) < 4.78 is 2.00. The van der Waals surface area contributed by atoms with Crippen LogP contribution in [0.5, 0.6) is 0 Å². The Labute approximate surface area is 114 Å². The summed E-state index contributed by atoms with van der Waals surface area (Å²) in [5, 5.41) is 1.23. The third kappa shape index (κ3) is 1.66. The molecule has 0 aliphatic carbocycles. The molecule has 0 saturated carbocycles. The maximum atomic E-state index is 12.4. The van der Waals surface area contributed by atoms with Gasteiger partial charge < -0.3 is 4.57 Å². The van der Waals surface area contributed by atoms with E-state index in [2.05, 4.69) is 39.8 Å². The predicted molar refractivity (Wildman–Crippen MR) is 80.0 cm³/mol. The molecule has 1 aromatic carbocycles. The fourth-order valence-electron chi connectivity index (χ4n) is 3.72. The molecule has 2 heteroatoms. The second kappa shape index (κ2) is 3.72. The van der Waals surface area contributed by atoms with Crippen molar-refractivity contribution in [1.29, 1.82) is 0 Å². The van der Waals surface area contributed by atoms with Gasteiger partial charge in [0.25, 0.3) is 5.56 Å². The highest BCUT2D eigenvalue weighted by Crippen LogP contribution is 2.41. The Balaban J connectivity index is 2.61. The molecule has 1 aromatic heterocycles. The van der Waals surface area contributed by atoms with Crippen LogP contribution in [-0.2, 0) is 5.54 Å². The molecule has 0 amide bonds. The van der Waals surface area contributed by atoms with E-state index >= 15 is 0 Å². The number of rotatable bonds is 0. The maximum absolute atomic E-state index is 12.4. The van der Waals surface area contributed by atoms with E-state index in [1.165, 1.54) is 16.5 Å². The van der Waals surface area contributed by atoms with Gasteiger partial charge in [-0.2, -0.15) is 0 Å². The minimum atomic E-state index is -0.106. The van der Waals surface area contributed by atoms with Gasteiger partial charge in [-0.15, -0.1) is 0 Å². The molecule has 19 heavy (non-hydrogen) atoms. The molecule has 0 N–H and O–H groups in total. The van der Waals surface area contributed by atoms with Crippen LogP contribution < -0.4 is 5.56 Å². The van der Waals surface area contributed by atoms with E-state index < -0.39 is 0 Å². The minimum Gasteiger partial charge on any atom is -0.302 e. The standard InChI is InChI=1S/C17H21NO/c1-10-6-13-11(2)8-15(19)18-16(13)14(7-10)12(3)9-17(18,4)5/h6-8,12H,9H2,1-5H3/t12-/m0/s1. The van der Waals surface area contributed by atoms with Crippen molar-refractivity contribution in [3.05, 3.63) is 45.2 Å². The van der Waals surface area contributed by atoms with Crippen molar-refractivity contribution in [2.75, 3.05) is 0 Å². The van der Waals surface area contributed by atoms with Crippen LogP contribution in [0.2, 0.25) is 0 Å². The van der Waals surface area contributed by atoms with Crippen LogP contribution >= 0.6 is 0 Å². The first-order valence-electron chi connectivity index (χ1n) is 6.98. The Morgan fingerprint density at radius 2 is 1.89 bits per heavy atom. The SMILES string of the molecule is Cc1cc2c3c(c1)c(C)cc(=O)n3C(C)(C)C[C@@H]2C. The van der Waals surface area contributed by atoms with E-state index in [0.29, 0.717) is 5.92 Å². The lowest BCUT2D eigenvalue weighted by atomic mass is 9.80. The summed E-state index contributed by atoms with van der Waals surface area (Å²) in [7, 11) is 0. The van der Waals surface area contributed by atoms with Gasteiger partial charge in [-0.05, 0) is 57.2 Å². The lowest BCUT2D eigenvalue weighted by Gasteiger charge is -2.38. The van der Waals surface area contributed by atoms with Gasteiger partial charge in [0, 0.05) is 17.0 Å². The molecular weight excluding hydrogens is 234 g/mol. The number of pyridine rings is 1. The van der Waals surface area contributed by atoms with Gasteiger partial charge in [-0.1, -0.05) is 18.6 Å². The topological polar surface area (TPSA) is 22.0 Å². The molecule has 0 saturated heterocycles. The van der Waals surface area contributed by atoms with E-state index in [-0.39, 0.29) is 11.1 Å². The normalized spacial score (nSPS) is 20.8. The van der Waals surface area contributed by atoms with Crippen LogP contribution in [0.4, 0.5) is 0 Å². The van der Waals surface area contributed by atoms with Crippen LogP contribution in [0.25, 0.3) is 10.9 Å². The van der Waals surface area contributed by atoms with E-state index in [1.54, 1.807) is 6.07 Å². The molecule has 0 spiro atoms. The zero-order chi connectivity index (χ0) is 13.9. The van der Waals surface area contributed by atoms with E-state index in [1.807, 2.05) is 11.5 Å². The molecule has 0 bridgehead atoms. The van der Waals surface area contributed by atoms with Crippen molar-refractivity contribution in [3.8, 4) is 0 Å². The summed E-state index contributed by atoms with van der Waals surface area (Å²) in [5.74, 6) is 0.499. The second-order valence-corrected chi connectivity index (χ2v) is 6.67. The smallest absolute Gasteiger partial charge is 0.251 e. The monoisotopic (exact) mass is 255 g/mol.